The van der Waals surface area contributed by atoms with Crippen molar-refractivity contribution in [2.45, 2.75) is 44.4 Å². The summed E-state index contributed by atoms with van der Waals surface area (Å²) in [6.45, 7) is 0. The number of aliphatic imine (C=N–C) groups is 1. The third kappa shape index (κ3) is 2.53. The van der Waals surface area contributed by atoms with Crippen LogP contribution in [-0.2, 0) is 9.59 Å². The molecule has 118 valence electrons. The lowest BCUT2D eigenvalue weighted by Gasteiger charge is -2.37. The van der Waals surface area contributed by atoms with E-state index in [1.165, 1.54) is 0 Å². The van der Waals surface area contributed by atoms with Gasteiger partial charge in [0, 0.05) is 40.2 Å². The highest BCUT2D eigenvalue weighted by atomic mass is 79.9. The van der Waals surface area contributed by atoms with E-state index in [1.54, 1.807) is 0 Å². The predicted octanol–water partition coefficient (Wildman–Crippen LogP) is 4.36. The highest BCUT2D eigenvalue weighted by Gasteiger charge is 2.44. The molecule has 0 amide bonds. The fourth-order valence-electron chi connectivity index (χ4n) is 4.16. The van der Waals surface area contributed by atoms with E-state index in [4.69, 9.17) is 4.99 Å². The molecule has 1 aliphatic heterocycles. The third-order valence-corrected chi connectivity index (χ3v) is 5.61. The number of ketones is 2. The van der Waals surface area contributed by atoms with Crippen molar-refractivity contribution >= 4 is 33.2 Å². The Bertz CT molecular complexity index is 762. The van der Waals surface area contributed by atoms with Crippen LogP contribution >= 0.6 is 15.9 Å². The van der Waals surface area contributed by atoms with E-state index < -0.39 is 0 Å². The molecule has 1 aromatic rings. The van der Waals surface area contributed by atoms with Crippen LogP contribution in [0, 0.1) is 5.92 Å². The molecule has 3 aliphatic rings. The third-order valence-electron chi connectivity index (χ3n) is 5.12. The molecular formula is C19H18BrNO2. The van der Waals surface area contributed by atoms with Crippen LogP contribution in [0.4, 0.5) is 0 Å². The number of carbonyl (C=O) groups excluding carboxylic acids is 2. The summed E-state index contributed by atoms with van der Waals surface area (Å²) in [5.41, 5.74) is 3.79. The van der Waals surface area contributed by atoms with E-state index in [9.17, 15) is 9.59 Å². The van der Waals surface area contributed by atoms with E-state index in [-0.39, 0.29) is 23.4 Å². The van der Waals surface area contributed by atoms with Crippen LogP contribution in [0.2, 0.25) is 0 Å². The topological polar surface area (TPSA) is 46.5 Å². The van der Waals surface area contributed by atoms with Gasteiger partial charge in [0.15, 0.2) is 5.78 Å². The summed E-state index contributed by atoms with van der Waals surface area (Å²) in [5.74, 6) is 0.0387. The summed E-state index contributed by atoms with van der Waals surface area (Å²) >= 11 is 3.52. The first kappa shape index (κ1) is 15.0. The Morgan fingerprint density at radius 2 is 1.83 bits per heavy atom. The molecule has 2 aliphatic carbocycles. The van der Waals surface area contributed by atoms with Crippen LogP contribution in [0.1, 0.15) is 50.0 Å². The van der Waals surface area contributed by atoms with Crippen LogP contribution in [-0.4, -0.2) is 17.3 Å². The van der Waals surface area contributed by atoms with Gasteiger partial charge in [-0.15, -0.1) is 0 Å². The first-order valence-corrected chi connectivity index (χ1v) is 9.06. The van der Waals surface area contributed by atoms with Crippen molar-refractivity contribution in [3.63, 3.8) is 0 Å². The van der Waals surface area contributed by atoms with Gasteiger partial charge in [-0.05, 0) is 43.4 Å². The Balaban J connectivity index is 1.91. The molecular weight excluding hydrogens is 354 g/mol. The standard InChI is InChI=1S/C19H18BrNO2/c20-12-5-1-4-11(10-12)17-18-13(6-2-8-15(18)22)21-14-7-3-9-16(23)19(14)17/h1,4-5,10,17-18H,2-3,6-9H2/t17-,18?/m1/s1. The van der Waals surface area contributed by atoms with Crippen molar-refractivity contribution in [2.75, 3.05) is 0 Å². The second kappa shape index (κ2) is 5.82. The summed E-state index contributed by atoms with van der Waals surface area (Å²) in [6.07, 6.45) is 4.68. The SMILES string of the molecule is O=C1CCCC2=C1[C@H](c1cccc(Br)c1)C1C(=O)CCCC1=N2. The number of Topliss-reactive ketones (excluding diaryl/α,β-unsaturated/α-hetero) is 2. The summed E-state index contributed by atoms with van der Waals surface area (Å²) in [7, 11) is 0. The van der Waals surface area contributed by atoms with Crippen LogP contribution in [0.15, 0.2) is 45.0 Å². The molecule has 1 fully saturated rings. The largest absolute Gasteiger partial charge is 0.299 e. The van der Waals surface area contributed by atoms with Crippen LogP contribution in [0.25, 0.3) is 0 Å². The number of hydrogen-bond acceptors (Lipinski definition) is 3. The van der Waals surface area contributed by atoms with E-state index in [1.807, 2.05) is 24.3 Å². The number of rotatable bonds is 1. The van der Waals surface area contributed by atoms with Crippen molar-refractivity contribution in [1.82, 2.24) is 0 Å². The van der Waals surface area contributed by atoms with Crippen LogP contribution < -0.4 is 0 Å². The lowest BCUT2D eigenvalue weighted by Crippen LogP contribution is -2.39. The molecule has 3 nitrogen and oxygen atoms in total. The minimum absolute atomic E-state index is 0.143. The number of nitrogens with zero attached hydrogens (tertiary/aromatic N) is 1. The first-order chi connectivity index (χ1) is 11.1. The molecule has 1 unspecified atom stereocenters. The quantitative estimate of drug-likeness (QED) is 0.735. The Kier molecular flexibility index (Phi) is 3.80. The lowest BCUT2D eigenvalue weighted by atomic mass is 9.67. The van der Waals surface area contributed by atoms with Gasteiger partial charge in [0.1, 0.15) is 5.78 Å². The van der Waals surface area contributed by atoms with Gasteiger partial charge in [0.25, 0.3) is 0 Å². The Labute approximate surface area is 144 Å². The zero-order chi connectivity index (χ0) is 16.0. The summed E-state index contributed by atoms with van der Waals surface area (Å²) in [6, 6.07) is 8.03. The van der Waals surface area contributed by atoms with Crippen LogP contribution in [0.3, 0.4) is 0 Å². The molecule has 1 aromatic carbocycles. The number of carbonyl (C=O) groups is 2. The lowest BCUT2D eigenvalue weighted by molar-refractivity contribution is -0.122. The van der Waals surface area contributed by atoms with Crippen molar-refractivity contribution in [2.24, 2.45) is 10.9 Å². The maximum Gasteiger partial charge on any atom is 0.161 e. The Morgan fingerprint density at radius 1 is 1.00 bits per heavy atom. The summed E-state index contributed by atoms with van der Waals surface area (Å²) in [4.78, 5) is 30.0. The second-order valence-electron chi connectivity index (χ2n) is 6.57. The molecule has 0 radical (unpaired) electrons. The van der Waals surface area contributed by atoms with Gasteiger partial charge in [-0.3, -0.25) is 14.6 Å². The molecule has 2 atom stereocenters. The fourth-order valence-corrected chi connectivity index (χ4v) is 4.58. The van der Waals surface area contributed by atoms with E-state index in [0.29, 0.717) is 12.8 Å². The number of hydrogen-bond donors (Lipinski definition) is 0. The highest BCUT2D eigenvalue weighted by Crippen LogP contribution is 2.46. The number of halogens is 1. The molecule has 1 saturated carbocycles. The molecule has 0 saturated heterocycles. The molecule has 23 heavy (non-hydrogen) atoms. The molecule has 4 heteroatoms. The van der Waals surface area contributed by atoms with Gasteiger partial charge < -0.3 is 0 Å². The van der Waals surface area contributed by atoms with Gasteiger partial charge in [-0.2, -0.15) is 0 Å². The average Bonchev–Trinajstić information content (AvgIpc) is 2.53. The van der Waals surface area contributed by atoms with Crippen molar-refractivity contribution in [3.05, 3.63) is 45.6 Å². The zero-order valence-corrected chi connectivity index (χ0v) is 14.4. The second-order valence-corrected chi connectivity index (χ2v) is 7.49. The smallest absolute Gasteiger partial charge is 0.161 e. The van der Waals surface area contributed by atoms with Crippen LogP contribution in [0.5, 0.6) is 0 Å². The van der Waals surface area contributed by atoms with Crippen molar-refractivity contribution in [1.29, 1.82) is 0 Å². The van der Waals surface area contributed by atoms with Gasteiger partial charge in [-0.25, -0.2) is 0 Å². The van der Waals surface area contributed by atoms with Crippen molar-refractivity contribution < 1.29 is 9.59 Å². The molecule has 0 aromatic heterocycles. The molecule has 0 N–H and O–H groups in total. The molecule has 0 spiro atoms. The normalized spacial score (nSPS) is 27.4. The molecule has 0 bridgehead atoms. The maximum absolute atomic E-state index is 12.7. The minimum atomic E-state index is -0.237. The molecule has 4 rings (SSSR count). The number of benzene rings is 1. The highest BCUT2D eigenvalue weighted by molar-refractivity contribution is 9.10. The van der Waals surface area contributed by atoms with Gasteiger partial charge in [-0.1, -0.05) is 28.1 Å². The zero-order valence-electron chi connectivity index (χ0n) is 12.8. The maximum atomic E-state index is 12.7. The van der Waals surface area contributed by atoms with Gasteiger partial charge >= 0.3 is 0 Å². The Hall–Kier alpha value is -1.55. The monoisotopic (exact) mass is 371 g/mol. The first-order valence-electron chi connectivity index (χ1n) is 8.27. The van der Waals surface area contributed by atoms with E-state index in [0.717, 1.165) is 52.7 Å². The Morgan fingerprint density at radius 3 is 2.65 bits per heavy atom. The summed E-state index contributed by atoms with van der Waals surface area (Å²) < 4.78 is 0.979. The summed E-state index contributed by atoms with van der Waals surface area (Å²) in [5, 5.41) is 0. The fraction of sp³-hybridized carbons (Fsp3) is 0.421. The minimum Gasteiger partial charge on any atom is -0.299 e. The predicted molar refractivity (Wildman–Crippen MR) is 92.6 cm³/mol. The van der Waals surface area contributed by atoms with E-state index >= 15 is 0 Å². The molecule has 1 heterocycles. The van der Waals surface area contributed by atoms with E-state index in [2.05, 4.69) is 15.9 Å². The number of fused-ring (bicyclic) bond motifs is 1. The average molecular weight is 372 g/mol. The number of allylic oxidation sites excluding steroid dienone is 2. The van der Waals surface area contributed by atoms with Gasteiger partial charge in [0.05, 0.1) is 5.92 Å². The van der Waals surface area contributed by atoms with Crippen molar-refractivity contribution in [3.8, 4) is 0 Å². The van der Waals surface area contributed by atoms with Gasteiger partial charge in [0.2, 0.25) is 0 Å².